The molecule has 0 heterocycles. The molecule has 0 aliphatic rings. The number of ether oxygens (including phenoxy) is 2. The molecule has 1 unspecified atom stereocenters. The molecule has 1 N–H and O–H groups in total. The predicted molar refractivity (Wildman–Crippen MR) is 55.7 cm³/mol. The fourth-order valence-electron chi connectivity index (χ4n) is 0.826. The van der Waals surface area contributed by atoms with Gasteiger partial charge in [-0.15, -0.1) is 0 Å². The van der Waals surface area contributed by atoms with E-state index in [9.17, 15) is 18.0 Å². The summed E-state index contributed by atoms with van der Waals surface area (Å²) in [5, 5.41) is 2.27. The Morgan fingerprint density at radius 3 is 2.06 bits per heavy atom. The van der Waals surface area contributed by atoms with Crippen LogP contribution in [0.5, 0.6) is 0 Å². The molecule has 4 nitrogen and oxygen atoms in total. The van der Waals surface area contributed by atoms with Gasteiger partial charge >= 0.3 is 12.3 Å². The van der Waals surface area contributed by atoms with Crippen LogP contribution in [0.2, 0.25) is 0 Å². The number of hydrogen-bond acceptors (Lipinski definition) is 3. The van der Waals surface area contributed by atoms with Gasteiger partial charge in [0.05, 0.1) is 12.1 Å². The molecule has 0 aromatic heterocycles. The minimum Gasteiger partial charge on any atom is -0.434 e. The molecule has 0 saturated heterocycles. The summed E-state index contributed by atoms with van der Waals surface area (Å²) >= 11 is 0. The van der Waals surface area contributed by atoms with Crippen LogP contribution in [0.4, 0.5) is 18.0 Å². The summed E-state index contributed by atoms with van der Waals surface area (Å²) in [6.07, 6.45) is -6.05. The highest BCUT2D eigenvalue weighted by Crippen LogP contribution is 2.32. The highest BCUT2D eigenvalue weighted by Gasteiger charge is 2.51. The summed E-state index contributed by atoms with van der Waals surface area (Å²) in [6, 6.07) is -0.448. The maximum atomic E-state index is 12.4. The van der Waals surface area contributed by atoms with Crippen LogP contribution in [0, 0.1) is 0 Å². The minimum atomic E-state index is -4.61. The number of halogens is 3. The maximum absolute atomic E-state index is 12.4. The standard InChI is InChI=1S/C10H18F3NO3/c1-6(7(2)16-5)14-8(15)17-9(3,4)10(11,12)13/h6-7H,1-5H3,(H,14,15)/t6-,7?/m1/s1. The van der Waals surface area contributed by atoms with Crippen molar-refractivity contribution >= 4 is 6.09 Å². The van der Waals surface area contributed by atoms with E-state index in [4.69, 9.17) is 4.74 Å². The number of amides is 1. The van der Waals surface area contributed by atoms with Gasteiger partial charge in [0, 0.05) is 7.11 Å². The fourth-order valence-corrected chi connectivity index (χ4v) is 0.826. The Morgan fingerprint density at radius 2 is 1.71 bits per heavy atom. The van der Waals surface area contributed by atoms with Crippen molar-refractivity contribution in [2.75, 3.05) is 7.11 Å². The van der Waals surface area contributed by atoms with Crippen molar-refractivity contribution < 1.29 is 27.4 Å². The van der Waals surface area contributed by atoms with Crippen molar-refractivity contribution in [3.05, 3.63) is 0 Å². The van der Waals surface area contributed by atoms with Crippen LogP contribution in [-0.2, 0) is 9.47 Å². The largest absolute Gasteiger partial charge is 0.434 e. The second kappa shape index (κ2) is 5.57. The van der Waals surface area contributed by atoms with E-state index in [0.29, 0.717) is 0 Å². The highest BCUT2D eigenvalue weighted by atomic mass is 19.4. The summed E-state index contributed by atoms with van der Waals surface area (Å²) in [5.41, 5.74) is -2.52. The summed E-state index contributed by atoms with van der Waals surface area (Å²) in [6.45, 7) is 4.86. The van der Waals surface area contributed by atoms with Gasteiger partial charge in [-0.2, -0.15) is 13.2 Å². The topological polar surface area (TPSA) is 47.6 Å². The predicted octanol–water partition coefficient (Wildman–Crippen LogP) is 2.48. The molecule has 7 heteroatoms. The zero-order valence-electron chi connectivity index (χ0n) is 10.5. The van der Waals surface area contributed by atoms with Gasteiger partial charge in [-0.3, -0.25) is 0 Å². The van der Waals surface area contributed by atoms with Crippen molar-refractivity contribution in [3.63, 3.8) is 0 Å². The van der Waals surface area contributed by atoms with Gasteiger partial charge in [0.15, 0.2) is 0 Å². The molecular weight excluding hydrogens is 239 g/mol. The molecule has 0 rings (SSSR count). The Kier molecular flexibility index (Phi) is 5.25. The molecule has 17 heavy (non-hydrogen) atoms. The Bertz CT molecular complexity index is 266. The van der Waals surface area contributed by atoms with Crippen molar-refractivity contribution in [2.24, 2.45) is 0 Å². The number of nitrogens with one attached hydrogen (secondary N) is 1. The molecule has 0 fully saturated rings. The van der Waals surface area contributed by atoms with Crippen LogP contribution < -0.4 is 5.32 Å². The van der Waals surface area contributed by atoms with Gasteiger partial charge in [-0.1, -0.05) is 0 Å². The molecule has 0 radical (unpaired) electrons. The lowest BCUT2D eigenvalue weighted by Gasteiger charge is -2.29. The highest BCUT2D eigenvalue weighted by molar-refractivity contribution is 5.68. The van der Waals surface area contributed by atoms with Gasteiger partial charge in [0.25, 0.3) is 0 Å². The zero-order valence-corrected chi connectivity index (χ0v) is 10.5. The average Bonchev–Trinajstić information content (AvgIpc) is 2.13. The van der Waals surface area contributed by atoms with Crippen LogP contribution in [0.3, 0.4) is 0 Å². The monoisotopic (exact) mass is 257 g/mol. The van der Waals surface area contributed by atoms with E-state index in [2.05, 4.69) is 10.1 Å². The molecular formula is C10H18F3NO3. The number of carbonyl (C=O) groups is 1. The third kappa shape index (κ3) is 4.80. The second-order valence-corrected chi connectivity index (χ2v) is 4.27. The third-order valence-corrected chi connectivity index (χ3v) is 2.45. The number of rotatable bonds is 4. The van der Waals surface area contributed by atoms with E-state index in [1.807, 2.05) is 0 Å². The molecule has 0 aliphatic heterocycles. The van der Waals surface area contributed by atoms with Gasteiger partial charge in [-0.05, 0) is 27.7 Å². The third-order valence-electron chi connectivity index (χ3n) is 2.45. The van der Waals surface area contributed by atoms with E-state index in [1.165, 1.54) is 7.11 Å². The minimum absolute atomic E-state index is 0.323. The van der Waals surface area contributed by atoms with Crippen molar-refractivity contribution in [1.82, 2.24) is 5.32 Å². The first-order valence-corrected chi connectivity index (χ1v) is 5.10. The molecule has 1 amide bonds. The van der Waals surface area contributed by atoms with E-state index in [-0.39, 0.29) is 6.10 Å². The van der Waals surface area contributed by atoms with E-state index >= 15 is 0 Å². The van der Waals surface area contributed by atoms with Crippen molar-refractivity contribution in [1.29, 1.82) is 0 Å². The Hall–Kier alpha value is -0.980. The number of methoxy groups -OCH3 is 1. The zero-order chi connectivity index (χ0) is 13.9. The first-order chi connectivity index (χ1) is 7.51. The molecule has 0 aliphatic carbocycles. The van der Waals surface area contributed by atoms with Gasteiger partial charge in [0.2, 0.25) is 5.60 Å². The first-order valence-electron chi connectivity index (χ1n) is 5.10. The smallest absolute Gasteiger partial charge is 0.427 e. The summed E-state index contributed by atoms with van der Waals surface area (Å²) in [5.74, 6) is 0. The molecule has 2 atom stereocenters. The second-order valence-electron chi connectivity index (χ2n) is 4.27. The van der Waals surface area contributed by atoms with Crippen LogP contribution in [0.15, 0.2) is 0 Å². The van der Waals surface area contributed by atoms with Gasteiger partial charge < -0.3 is 14.8 Å². The van der Waals surface area contributed by atoms with Gasteiger partial charge in [0.1, 0.15) is 0 Å². The van der Waals surface area contributed by atoms with Gasteiger partial charge in [-0.25, -0.2) is 4.79 Å². The molecule has 0 saturated carbocycles. The number of alkyl carbamates (subject to hydrolysis) is 1. The number of carbonyl (C=O) groups excluding carboxylic acids is 1. The lowest BCUT2D eigenvalue weighted by Crippen LogP contribution is -2.49. The van der Waals surface area contributed by atoms with Crippen molar-refractivity contribution in [2.45, 2.75) is 51.6 Å². The van der Waals surface area contributed by atoms with E-state index in [0.717, 1.165) is 13.8 Å². The molecule has 0 bridgehead atoms. The Labute approximate surface area is 98.5 Å². The quantitative estimate of drug-likeness (QED) is 0.841. The lowest BCUT2D eigenvalue weighted by atomic mass is 10.1. The summed E-state index contributed by atoms with van der Waals surface area (Å²) in [7, 11) is 1.44. The van der Waals surface area contributed by atoms with E-state index in [1.54, 1.807) is 13.8 Å². The summed E-state index contributed by atoms with van der Waals surface area (Å²) < 4.78 is 46.5. The summed E-state index contributed by atoms with van der Waals surface area (Å²) in [4.78, 5) is 11.2. The fraction of sp³-hybridized carbons (Fsp3) is 0.900. The SMILES string of the molecule is COC(C)[C@@H](C)NC(=O)OC(C)(C)C(F)(F)F. The van der Waals surface area contributed by atoms with Crippen LogP contribution >= 0.6 is 0 Å². The number of hydrogen-bond donors (Lipinski definition) is 1. The van der Waals surface area contributed by atoms with Crippen LogP contribution in [0.1, 0.15) is 27.7 Å². The van der Waals surface area contributed by atoms with Crippen molar-refractivity contribution in [3.8, 4) is 0 Å². The molecule has 0 aromatic rings. The molecule has 102 valence electrons. The Morgan fingerprint density at radius 1 is 1.24 bits per heavy atom. The Balaban J connectivity index is 4.38. The lowest BCUT2D eigenvalue weighted by molar-refractivity contribution is -0.244. The van der Waals surface area contributed by atoms with E-state index < -0.39 is 23.9 Å². The molecule has 0 spiro atoms. The first kappa shape index (κ1) is 16.0. The van der Waals surface area contributed by atoms with Crippen LogP contribution in [0.25, 0.3) is 0 Å². The maximum Gasteiger partial charge on any atom is 0.427 e. The normalized spacial score (nSPS) is 16.2. The average molecular weight is 257 g/mol. The number of alkyl halides is 3. The van der Waals surface area contributed by atoms with Crippen LogP contribution in [-0.4, -0.2) is 37.1 Å². The molecule has 0 aromatic carbocycles.